The zero-order valence-electron chi connectivity index (χ0n) is 8.55. The molecule has 0 atom stereocenters. The molecule has 1 heterocycles. The molecule has 0 spiro atoms. The highest BCUT2D eigenvalue weighted by atomic mass is 127. The summed E-state index contributed by atoms with van der Waals surface area (Å²) in [7, 11) is 1.61. The number of hydrogen-bond acceptors (Lipinski definition) is 3. The summed E-state index contributed by atoms with van der Waals surface area (Å²) in [5.41, 5.74) is 0.711. The number of nitrogens with one attached hydrogen (secondary N) is 1. The number of halogens is 1. The summed E-state index contributed by atoms with van der Waals surface area (Å²) < 4.78 is 5.67. The lowest BCUT2D eigenvalue weighted by Crippen LogP contribution is -2.23. The van der Waals surface area contributed by atoms with Gasteiger partial charge in [0.2, 0.25) is 0 Å². The molecule has 0 bridgehead atoms. The first-order valence-corrected chi connectivity index (χ1v) is 6.07. The highest BCUT2D eigenvalue weighted by molar-refractivity contribution is 14.1. The lowest BCUT2D eigenvalue weighted by Gasteiger charge is -2.24. The lowest BCUT2D eigenvalue weighted by atomic mass is 9.85. The van der Waals surface area contributed by atoms with Crippen LogP contribution in [0.2, 0.25) is 0 Å². The molecule has 1 aromatic heterocycles. The fraction of sp³-hybridized carbons (Fsp3) is 0.600. The van der Waals surface area contributed by atoms with E-state index in [1.54, 1.807) is 7.11 Å². The van der Waals surface area contributed by atoms with Crippen molar-refractivity contribution >= 4 is 22.6 Å². The molecule has 5 heteroatoms. The number of aromatic nitrogens is 2. The Balaban J connectivity index is 2.36. The normalized spacial score (nSPS) is 16.4. The summed E-state index contributed by atoms with van der Waals surface area (Å²) in [5.74, 6) is 1.28. The van der Waals surface area contributed by atoms with Gasteiger partial charge >= 0.3 is 0 Å². The predicted octanol–water partition coefficient (Wildman–Crippen LogP) is 1.79. The number of methoxy groups -OCH3 is 1. The number of hydrogen-bond donors (Lipinski definition) is 1. The van der Waals surface area contributed by atoms with Crippen molar-refractivity contribution in [2.45, 2.75) is 31.8 Å². The van der Waals surface area contributed by atoms with Crippen LogP contribution in [0, 0.1) is 3.57 Å². The van der Waals surface area contributed by atoms with Crippen LogP contribution >= 0.6 is 22.6 Å². The summed E-state index contributed by atoms with van der Waals surface area (Å²) in [6.45, 7) is 0.405. The van der Waals surface area contributed by atoms with Crippen molar-refractivity contribution in [2.24, 2.45) is 0 Å². The van der Waals surface area contributed by atoms with Crippen molar-refractivity contribution in [3.05, 3.63) is 25.4 Å². The molecule has 4 nitrogen and oxygen atoms in total. The Hall–Kier alpha value is -0.430. The standard InChI is InChI=1S/C10H13IN2O2/c1-15-5-7-8(11)10(14)13-9(12-7)6-3-2-4-6/h6H,2-5H2,1H3,(H,12,13,14). The van der Waals surface area contributed by atoms with Crippen LogP contribution in [-0.2, 0) is 11.3 Å². The van der Waals surface area contributed by atoms with Crippen molar-refractivity contribution in [1.29, 1.82) is 0 Å². The fourth-order valence-electron chi connectivity index (χ4n) is 1.63. The SMILES string of the molecule is COCc1nc(C2CCC2)[nH]c(=O)c1I. The second kappa shape index (κ2) is 4.61. The van der Waals surface area contributed by atoms with Crippen molar-refractivity contribution in [2.75, 3.05) is 7.11 Å². The number of H-pyrrole nitrogens is 1. The van der Waals surface area contributed by atoms with E-state index < -0.39 is 0 Å². The first kappa shape index (κ1) is 11.1. The van der Waals surface area contributed by atoms with Crippen LogP contribution in [0.25, 0.3) is 0 Å². The molecule has 0 unspecified atom stereocenters. The maximum absolute atomic E-state index is 11.6. The molecule has 1 saturated carbocycles. The topological polar surface area (TPSA) is 55.0 Å². The van der Waals surface area contributed by atoms with Crippen LogP contribution in [0.3, 0.4) is 0 Å². The smallest absolute Gasteiger partial charge is 0.264 e. The van der Waals surface area contributed by atoms with Crippen LogP contribution in [0.1, 0.15) is 36.7 Å². The fourth-order valence-corrected chi connectivity index (χ4v) is 2.04. The third-order valence-corrected chi connectivity index (χ3v) is 3.84. The van der Waals surface area contributed by atoms with Crippen LogP contribution < -0.4 is 5.56 Å². The summed E-state index contributed by atoms with van der Waals surface area (Å²) in [6, 6.07) is 0. The predicted molar refractivity (Wildman–Crippen MR) is 64.9 cm³/mol. The molecule has 1 aliphatic rings. The summed E-state index contributed by atoms with van der Waals surface area (Å²) in [6.07, 6.45) is 3.51. The molecule has 1 aliphatic carbocycles. The molecule has 0 saturated heterocycles. The average molecular weight is 320 g/mol. The molecule has 1 aromatic rings. The molecule has 15 heavy (non-hydrogen) atoms. The molecule has 82 valence electrons. The van der Waals surface area contributed by atoms with Crippen molar-refractivity contribution in [3.63, 3.8) is 0 Å². The Morgan fingerprint density at radius 1 is 1.60 bits per heavy atom. The molecule has 0 aromatic carbocycles. The maximum atomic E-state index is 11.6. The molecule has 0 radical (unpaired) electrons. The number of ether oxygens (including phenoxy) is 1. The molecular weight excluding hydrogens is 307 g/mol. The second-order valence-electron chi connectivity index (χ2n) is 3.77. The largest absolute Gasteiger partial charge is 0.378 e. The van der Waals surface area contributed by atoms with E-state index in [0.717, 1.165) is 24.4 Å². The average Bonchev–Trinajstić information content (AvgIpc) is 2.11. The summed E-state index contributed by atoms with van der Waals surface area (Å²) in [4.78, 5) is 18.9. The van der Waals surface area contributed by atoms with E-state index in [-0.39, 0.29) is 5.56 Å². The minimum atomic E-state index is -0.0421. The Bertz CT molecular complexity index is 412. The summed E-state index contributed by atoms with van der Waals surface area (Å²) in [5, 5.41) is 0. The first-order chi connectivity index (χ1) is 7.22. The highest BCUT2D eigenvalue weighted by Crippen LogP contribution is 2.33. The molecular formula is C10H13IN2O2. The maximum Gasteiger partial charge on any atom is 0.264 e. The molecule has 2 rings (SSSR count). The van der Waals surface area contributed by atoms with E-state index in [0.29, 0.717) is 16.1 Å². The van der Waals surface area contributed by atoms with E-state index >= 15 is 0 Å². The van der Waals surface area contributed by atoms with Gasteiger partial charge < -0.3 is 9.72 Å². The van der Waals surface area contributed by atoms with Gasteiger partial charge in [-0.15, -0.1) is 0 Å². The summed E-state index contributed by atoms with van der Waals surface area (Å²) >= 11 is 2.01. The van der Waals surface area contributed by atoms with Gasteiger partial charge in [0.05, 0.1) is 12.3 Å². The van der Waals surface area contributed by atoms with Crippen LogP contribution in [0.15, 0.2) is 4.79 Å². The zero-order chi connectivity index (χ0) is 10.8. The van der Waals surface area contributed by atoms with E-state index in [1.165, 1.54) is 6.42 Å². The highest BCUT2D eigenvalue weighted by Gasteiger charge is 2.23. The van der Waals surface area contributed by atoms with E-state index in [4.69, 9.17) is 4.74 Å². The van der Waals surface area contributed by atoms with Gasteiger partial charge in [0.1, 0.15) is 9.39 Å². The van der Waals surface area contributed by atoms with Gasteiger partial charge in [-0.25, -0.2) is 4.98 Å². The van der Waals surface area contributed by atoms with E-state index in [9.17, 15) is 4.79 Å². The van der Waals surface area contributed by atoms with Gasteiger partial charge in [0.25, 0.3) is 5.56 Å². The van der Waals surface area contributed by atoms with Gasteiger partial charge in [0.15, 0.2) is 0 Å². The van der Waals surface area contributed by atoms with Crippen LogP contribution in [-0.4, -0.2) is 17.1 Å². The Morgan fingerprint density at radius 2 is 2.33 bits per heavy atom. The van der Waals surface area contributed by atoms with Gasteiger partial charge in [0, 0.05) is 13.0 Å². The Labute approximate surface area is 102 Å². The zero-order valence-corrected chi connectivity index (χ0v) is 10.7. The van der Waals surface area contributed by atoms with E-state index in [2.05, 4.69) is 9.97 Å². The van der Waals surface area contributed by atoms with Gasteiger partial charge in [-0.3, -0.25) is 4.79 Å². The van der Waals surface area contributed by atoms with Crippen LogP contribution in [0.5, 0.6) is 0 Å². The second-order valence-corrected chi connectivity index (χ2v) is 4.85. The molecule has 0 amide bonds. The number of aromatic amines is 1. The molecule has 0 aliphatic heterocycles. The Kier molecular flexibility index (Phi) is 3.40. The van der Waals surface area contributed by atoms with Gasteiger partial charge in [-0.2, -0.15) is 0 Å². The van der Waals surface area contributed by atoms with Crippen molar-refractivity contribution in [1.82, 2.24) is 9.97 Å². The number of rotatable bonds is 3. The minimum absolute atomic E-state index is 0.0421. The third-order valence-electron chi connectivity index (χ3n) is 2.72. The van der Waals surface area contributed by atoms with Crippen molar-refractivity contribution in [3.8, 4) is 0 Å². The van der Waals surface area contributed by atoms with E-state index in [1.807, 2.05) is 22.6 Å². The Morgan fingerprint density at radius 3 is 2.87 bits per heavy atom. The molecule has 1 N–H and O–H groups in total. The van der Waals surface area contributed by atoms with Crippen LogP contribution in [0.4, 0.5) is 0 Å². The first-order valence-electron chi connectivity index (χ1n) is 5.00. The third kappa shape index (κ3) is 2.23. The molecule has 1 fully saturated rings. The quantitative estimate of drug-likeness (QED) is 0.864. The lowest BCUT2D eigenvalue weighted by molar-refractivity contribution is 0.180. The van der Waals surface area contributed by atoms with Gasteiger partial charge in [-0.05, 0) is 35.4 Å². The number of nitrogens with zero attached hydrogens (tertiary/aromatic N) is 1. The minimum Gasteiger partial charge on any atom is -0.378 e. The van der Waals surface area contributed by atoms with Gasteiger partial charge in [-0.1, -0.05) is 6.42 Å². The van der Waals surface area contributed by atoms with Crippen molar-refractivity contribution < 1.29 is 4.74 Å². The monoisotopic (exact) mass is 320 g/mol.